The number of carboxylic acids is 1. The first kappa shape index (κ1) is 27.7. The van der Waals surface area contributed by atoms with Crippen molar-refractivity contribution in [2.75, 3.05) is 27.0 Å². The number of rotatable bonds is 9. The number of fused-ring (bicyclic) bond motifs is 3. The fourth-order valence-electron chi connectivity index (χ4n) is 7.07. The second-order valence-corrected chi connectivity index (χ2v) is 12.1. The number of benzene rings is 1. The minimum atomic E-state index is -2.43. The maximum absolute atomic E-state index is 13.4. The number of carboxylic acid groups (broad SMARTS) is 1. The van der Waals surface area contributed by atoms with Gasteiger partial charge in [0, 0.05) is 6.54 Å². The number of esters is 1. The van der Waals surface area contributed by atoms with Gasteiger partial charge in [-0.25, -0.2) is 0 Å². The molecule has 1 saturated heterocycles. The van der Waals surface area contributed by atoms with Crippen LogP contribution in [-0.2, 0) is 30.9 Å². The van der Waals surface area contributed by atoms with Crippen molar-refractivity contribution in [3.8, 4) is 11.5 Å². The van der Waals surface area contributed by atoms with E-state index >= 15 is 0 Å². The number of aliphatic carboxylic acids is 1. The van der Waals surface area contributed by atoms with Crippen LogP contribution in [0, 0.1) is 0 Å². The highest BCUT2D eigenvalue weighted by atomic mass is 16.7. The highest BCUT2D eigenvalue weighted by Crippen LogP contribution is 2.59. The van der Waals surface area contributed by atoms with Crippen LogP contribution in [0.5, 0.6) is 11.5 Å². The molecule has 1 aromatic rings. The van der Waals surface area contributed by atoms with E-state index in [0.29, 0.717) is 17.3 Å². The number of hydrogen-bond donors (Lipinski definition) is 2. The van der Waals surface area contributed by atoms with Crippen LogP contribution in [0.3, 0.4) is 0 Å². The second kappa shape index (κ2) is 9.67. The van der Waals surface area contributed by atoms with Crippen molar-refractivity contribution >= 4 is 11.9 Å². The number of ether oxygens (including phenoxy) is 4. The fraction of sp³-hybridized carbons (Fsp3) is 0.655. The number of carbonyl (C=O) groups excluding carboxylic acids is 2. The fourth-order valence-corrected chi connectivity index (χ4v) is 7.07. The lowest BCUT2D eigenvalue weighted by Gasteiger charge is -2.47. The van der Waals surface area contributed by atoms with Crippen molar-refractivity contribution in [3.63, 3.8) is 0 Å². The molecule has 214 valence electrons. The smallest absolute Gasteiger partial charge is 0.309 e. The Labute approximate surface area is 228 Å². The van der Waals surface area contributed by atoms with Crippen molar-refractivity contribution < 1.29 is 43.9 Å². The van der Waals surface area contributed by atoms with Gasteiger partial charge in [0.2, 0.25) is 6.79 Å². The van der Waals surface area contributed by atoms with Crippen molar-refractivity contribution in [2.24, 2.45) is 0 Å². The Morgan fingerprint density at radius 2 is 1.90 bits per heavy atom. The molecule has 0 radical (unpaired) electrons. The summed E-state index contributed by atoms with van der Waals surface area (Å²) in [7, 11) is 1.53. The van der Waals surface area contributed by atoms with Gasteiger partial charge in [-0.2, -0.15) is 0 Å². The third kappa shape index (κ3) is 4.56. The van der Waals surface area contributed by atoms with E-state index in [-0.39, 0.29) is 26.1 Å². The van der Waals surface area contributed by atoms with E-state index < -0.39 is 46.6 Å². The van der Waals surface area contributed by atoms with Gasteiger partial charge < -0.3 is 39.1 Å². The number of methoxy groups -OCH3 is 1. The average Bonchev–Trinajstić information content (AvgIpc) is 3.53. The van der Waals surface area contributed by atoms with E-state index in [1.807, 2.05) is 12.1 Å². The Balaban J connectivity index is 1.48. The Bertz CT molecular complexity index is 1190. The van der Waals surface area contributed by atoms with E-state index in [1.54, 1.807) is 13.8 Å². The first-order valence-electron chi connectivity index (χ1n) is 13.6. The lowest BCUT2D eigenvalue weighted by Crippen LogP contribution is -2.59. The summed E-state index contributed by atoms with van der Waals surface area (Å²) in [5.41, 5.74) is -2.69. The zero-order valence-electron chi connectivity index (χ0n) is 23.1. The molecule has 39 heavy (non-hydrogen) atoms. The van der Waals surface area contributed by atoms with Gasteiger partial charge in [0.15, 0.2) is 17.6 Å². The maximum atomic E-state index is 13.4. The van der Waals surface area contributed by atoms with E-state index in [9.17, 15) is 24.9 Å². The average molecular weight is 545 g/mol. The molecule has 10 nitrogen and oxygen atoms in total. The maximum Gasteiger partial charge on any atom is 0.309 e. The number of carbonyl (C=O) groups is 2. The minimum absolute atomic E-state index is 0.140. The molecule has 1 aliphatic carbocycles. The summed E-state index contributed by atoms with van der Waals surface area (Å²) in [6, 6.07) is 3.97. The molecule has 5 rings (SSSR count). The van der Waals surface area contributed by atoms with Gasteiger partial charge in [0.25, 0.3) is 0 Å². The summed E-state index contributed by atoms with van der Waals surface area (Å²) in [4.78, 5) is 27.7. The van der Waals surface area contributed by atoms with Gasteiger partial charge >= 0.3 is 5.97 Å². The normalized spacial score (nSPS) is 29.0. The number of hydrogen-bond acceptors (Lipinski definition) is 10. The molecule has 0 amide bonds. The third-order valence-corrected chi connectivity index (χ3v) is 9.10. The quantitative estimate of drug-likeness (QED) is 0.438. The molecule has 1 fully saturated rings. The highest BCUT2D eigenvalue weighted by molar-refractivity contribution is 5.83. The Hall–Kier alpha value is -2.82. The van der Waals surface area contributed by atoms with E-state index in [4.69, 9.17) is 18.9 Å². The lowest BCUT2D eigenvalue weighted by atomic mass is 9.65. The third-order valence-electron chi connectivity index (χ3n) is 9.10. The van der Waals surface area contributed by atoms with Gasteiger partial charge in [-0.1, -0.05) is 0 Å². The van der Waals surface area contributed by atoms with Gasteiger partial charge in [-0.15, -0.1) is 0 Å². The molecule has 4 atom stereocenters. The van der Waals surface area contributed by atoms with Gasteiger partial charge in [0.05, 0.1) is 36.1 Å². The van der Waals surface area contributed by atoms with E-state index in [0.717, 1.165) is 43.5 Å². The van der Waals surface area contributed by atoms with E-state index in [1.165, 1.54) is 7.11 Å². The molecule has 0 aromatic heterocycles. The van der Waals surface area contributed by atoms with Crippen LogP contribution in [0.4, 0.5) is 0 Å². The van der Waals surface area contributed by atoms with Crippen LogP contribution in [-0.4, -0.2) is 76.9 Å². The molecular formula is C29H38NO9-. The van der Waals surface area contributed by atoms with Crippen LogP contribution in [0.1, 0.15) is 70.4 Å². The molecule has 1 spiro atoms. The van der Waals surface area contributed by atoms with Crippen molar-refractivity contribution in [1.82, 2.24) is 4.90 Å². The van der Waals surface area contributed by atoms with Crippen molar-refractivity contribution in [1.29, 1.82) is 0 Å². The van der Waals surface area contributed by atoms with Crippen LogP contribution in [0.15, 0.2) is 24.0 Å². The molecule has 0 bridgehead atoms. The van der Waals surface area contributed by atoms with Gasteiger partial charge in [-0.3, -0.25) is 9.69 Å². The molecule has 2 N–H and O–H groups in total. The molecule has 0 saturated carbocycles. The van der Waals surface area contributed by atoms with Gasteiger partial charge in [0.1, 0.15) is 11.4 Å². The summed E-state index contributed by atoms with van der Waals surface area (Å²) < 4.78 is 23.2. The molecule has 3 aliphatic heterocycles. The molecule has 3 heterocycles. The molecule has 1 aromatic carbocycles. The minimum Gasteiger partial charge on any atom is -0.547 e. The predicted octanol–water partition coefficient (Wildman–Crippen LogP) is 1.33. The Morgan fingerprint density at radius 3 is 2.56 bits per heavy atom. The highest BCUT2D eigenvalue weighted by Gasteiger charge is 2.66. The van der Waals surface area contributed by atoms with Crippen LogP contribution in [0.2, 0.25) is 0 Å². The summed E-state index contributed by atoms with van der Waals surface area (Å²) in [6.45, 7) is 7.09. The summed E-state index contributed by atoms with van der Waals surface area (Å²) in [5, 5.41) is 32.8. The Morgan fingerprint density at radius 1 is 1.18 bits per heavy atom. The van der Waals surface area contributed by atoms with Gasteiger partial charge in [-0.05, 0) is 95.2 Å². The standard InChI is InChI=1S/C29H39NO9/c1-26(2,34)8-5-9-28(35,25(32)33)16-23(31)39-24-22(36-4)15-29-10-6-11-30(29)12-7-18-13-20-21(38-17-37-20)14-19(18)27(24,29)3/h13-15,24,34-35H,5-12,16-17H2,1-4H3,(H,32,33)/p-1/t24-,27-,28-,29+/m1/s1. The SMILES string of the molecule is COC1=C[C@]23CCCN2CCc2cc4c(cc2[C@]3(C)[C@@H]1OC(=O)C[C@](O)(CCCC(C)(C)O)C(=O)[O-])OCO4. The largest absolute Gasteiger partial charge is 0.547 e. The zero-order chi connectivity index (χ0) is 28.2. The molecule has 0 unspecified atom stereocenters. The molecular weight excluding hydrogens is 506 g/mol. The summed E-state index contributed by atoms with van der Waals surface area (Å²) >= 11 is 0. The molecule has 4 aliphatic rings. The topological polar surface area (TPSA) is 138 Å². The Kier molecular flexibility index (Phi) is 6.88. The molecule has 10 heteroatoms. The van der Waals surface area contributed by atoms with Crippen molar-refractivity contribution in [2.45, 2.75) is 94.0 Å². The van der Waals surface area contributed by atoms with E-state index in [2.05, 4.69) is 17.9 Å². The zero-order valence-corrected chi connectivity index (χ0v) is 23.1. The summed E-state index contributed by atoms with van der Waals surface area (Å²) in [6.07, 6.45) is 3.17. The van der Waals surface area contributed by atoms with Crippen LogP contribution in [0.25, 0.3) is 0 Å². The lowest BCUT2D eigenvalue weighted by molar-refractivity contribution is -0.325. The van der Waals surface area contributed by atoms with Crippen LogP contribution >= 0.6 is 0 Å². The monoisotopic (exact) mass is 544 g/mol. The first-order valence-corrected chi connectivity index (χ1v) is 13.6. The second-order valence-electron chi connectivity index (χ2n) is 12.1. The van der Waals surface area contributed by atoms with Crippen molar-refractivity contribution in [3.05, 3.63) is 35.1 Å². The van der Waals surface area contributed by atoms with Crippen LogP contribution < -0.4 is 14.6 Å². The number of aliphatic hydroxyl groups is 2. The predicted molar refractivity (Wildman–Crippen MR) is 137 cm³/mol. The summed E-state index contributed by atoms with van der Waals surface area (Å²) in [5.74, 6) is -0.813. The first-order chi connectivity index (χ1) is 18.3. The number of nitrogens with zero attached hydrogens (tertiary/aromatic N) is 1.